The van der Waals surface area contributed by atoms with Crippen LogP contribution in [0.15, 0.2) is 29.2 Å². The van der Waals surface area contributed by atoms with Gasteiger partial charge in [-0.25, -0.2) is 8.42 Å². The Kier molecular flexibility index (Phi) is 6.16. The van der Waals surface area contributed by atoms with Crippen molar-refractivity contribution in [2.45, 2.75) is 31.8 Å². The molecule has 0 amide bonds. The number of ketones is 1. The van der Waals surface area contributed by atoms with Crippen LogP contribution in [-0.2, 0) is 19.4 Å². The zero-order valence-corrected chi connectivity index (χ0v) is 12.8. The van der Waals surface area contributed by atoms with Crippen molar-refractivity contribution in [3.63, 3.8) is 0 Å². The summed E-state index contributed by atoms with van der Waals surface area (Å²) in [5.74, 6) is -0.287. The molecule has 5 nitrogen and oxygen atoms in total. The Bertz CT molecular complexity index is 531. The van der Waals surface area contributed by atoms with Crippen molar-refractivity contribution in [3.05, 3.63) is 24.3 Å². The van der Waals surface area contributed by atoms with Crippen molar-refractivity contribution < 1.29 is 22.7 Å². The standard InChI is InChI=1S/C14H20O5S/c1-11(2)18-8-9-19-13-4-6-14(7-5-13)20(16,17)10-12(3)15/h4-7,11H,8-10H2,1-3H3. The van der Waals surface area contributed by atoms with Gasteiger partial charge >= 0.3 is 0 Å². The van der Waals surface area contributed by atoms with E-state index in [0.29, 0.717) is 19.0 Å². The first-order chi connectivity index (χ1) is 9.31. The molecule has 112 valence electrons. The maximum Gasteiger partial charge on any atom is 0.185 e. The predicted octanol–water partition coefficient (Wildman–Crippen LogP) is 1.85. The Balaban J connectivity index is 2.58. The first-order valence-electron chi connectivity index (χ1n) is 6.38. The van der Waals surface area contributed by atoms with Crippen molar-refractivity contribution in [3.8, 4) is 5.75 Å². The van der Waals surface area contributed by atoms with Gasteiger partial charge in [-0.3, -0.25) is 4.79 Å². The first-order valence-corrected chi connectivity index (χ1v) is 8.03. The Hall–Kier alpha value is -1.40. The SMILES string of the molecule is CC(=O)CS(=O)(=O)c1ccc(OCCOC(C)C)cc1. The molecule has 0 atom stereocenters. The monoisotopic (exact) mass is 300 g/mol. The Morgan fingerprint density at radius 3 is 2.25 bits per heavy atom. The van der Waals surface area contributed by atoms with Gasteiger partial charge in [-0.2, -0.15) is 0 Å². The number of carbonyl (C=O) groups is 1. The molecule has 0 saturated heterocycles. The van der Waals surface area contributed by atoms with Crippen molar-refractivity contribution >= 4 is 15.6 Å². The van der Waals surface area contributed by atoms with Gasteiger partial charge in [0.2, 0.25) is 0 Å². The molecule has 0 radical (unpaired) electrons. The van der Waals surface area contributed by atoms with Gasteiger partial charge < -0.3 is 9.47 Å². The average molecular weight is 300 g/mol. The summed E-state index contributed by atoms with van der Waals surface area (Å²) >= 11 is 0. The van der Waals surface area contributed by atoms with Crippen molar-refractivity contribution in [2.75, 3.05) is 19.0 Å². The molecule has 0 aliphatic rings. The molecule has 0 saturated carbocycles. The quantitative estimate of drug-likeness (QED) is 0.685. The summed E-state index contributed by atoms with van der Waals surface area (Å²) in [6.07, 6.45) is 0.151. The topological polar surface area (TPSA) is 69.7 Å². The Morgan fingerprint density at radius 2 is 1.75 bits per heavy atom. The lowest BCUT2D eigenvalue weighted by Crippen LogP contribution is -2.13. The molecule has 0 N–H and O–H groups in total. The molecule has 1 aromatic carbocycles. The van der Waals surface area contributed by atoms with Crippen LogP contribution in [0.4, 0.5) is 0 Å². The summed E-state index contributed by atoms with van der Waals surface area (Å²) in [5.41, 5.74) is 0. The van der Waals surface area contributed by atoms with Crippen LogP contribution in [0.3, 0.4) is 0 Å². The highest BCUT2D eigenvalue weighted by Crippen LogP contribution is 2.17. The zero-order chi connectivity index (χ0) is 15.2. The van der Waals surface area contributed by atoms with Gasteiger partial charge in [0, 0.05) is 0 Å². The van der Waals surface area contributed by atoms with Gasteiger partial charge in [0.1, 0.15) is 23.9 Å². The molecule has 0 unspecified atom stereocenters. The molecule has 1 rings (SSSR count). The van der Waals surface area contributed by atoms with Crippen LogP contribution in [0.5, 0.6) is 5.75 Å². The third kappa shape index (κ3) is 5.71. The molecule has 0 bridgehead atoms. The largest absolute Gasteiger partial charge is 0.491 e. The second-order valence-corrected chi connectivity index (χ2v) is 6.69. The summed E-state index contributed by atoms with van der Waals surface area (Å²) in [7, 11) is -3.54. The van der Waals surface area contributed by atoms with Crippen LogP contribution in [0, 0.1) is 0 Å². The first kappa shape index (κ1) is 16.7. The predicted molar refractivity (Wildman–Crippen MR) is 75.8 cm³/mol. The third-order valence-corrected chi connectivity index (χ3v) is 4.16. The number of benzene rings is 1. The highest BCUT2D eigenvalue weighted by molar-refractivity contribution is 7.92. The molecular weight excluding hydrogens is 280 g/mol. The molecule has 0 fully saturated rings. The smallest absolute Gasteiger partial charge is 0.185 e. The van der Waals surface area contributed by atoms with E-state index < -0.39 is 15.6 Å². The van der Waals surface area contributed by atoms with Crippen LogP contribution < -0.4 is 4.74 Å². The second-order valence-electron chi connectivity index (χ2n) is 4.70. The van der Waals surface area contributed by atoms with E-state index in [2.05, 4.69) is 0 Å². The van der Waals surface area contributed by atoms with Crippen LogP contribution >= 0.6 is 0 Å². The third-order valence-electron chi connectivity index (χ3n) is 2.38. The van der Waals surface area contributed by atoms with Crippen molar-refractivity contribution in [1.82, 2.24) is 0 Å². The highest BCUT2D eigenvalue weighted by atomic mass is 32.2. The lowest BCUT2D eigenvalue weighted by atomic mass is 10.3. The van der Waals surface area contributed by atoms with E-state index in [-0.39, 0.29) is 16.8 Å². The Morgan fingerprint density at radius 1 is 1.15 bits per heavy atom. The fraction of sp³-hybridized carbons (Fsp3) is 0.500. The average Bonchev–Trinajstić information content (AvgIpc) is 2.33. The van der Waals surface area contributed by atoms with E-state index in [4.69, 9.17) is 9.47 Å². The molecular formula is C14H20O5S. The second kappa shape index (κ2) is 7.40. The van der Waals surface area contributed by atoms with Crippen LogP contribution in [-0.4, -0.2) is 39.3 Å². The number of hydrogen-bond donors (Lipinski definition) is 0. The van der Waals surface area contributed by atoms with Gasteiger partial charge in [-0.15, -0.1) is 0 Å². The minimum atomic E-state index is -3.54. The van der Waals surface area contributed by atoms with E-state index in [9.17, 15) is 13.2 Å². The normalized spacial score (nSPS) is 11.6. The number of rotatable bonds is 8. The number of hydrogen-bond acceptors (Lipinski definition) is 5. The van der Waals surface area contributed by atoms with Gasteiger partial charge in [0.15, 0.2) is 9.84 Å². The van der Waals surface area contributed by atoms with Crippen molar-refractivity contribution in [1.29, 1.82) is 0 Å². The van der Waals surface area contributed by atoms with Crippen LogP contribution in [0.1, 0.15) is 20.8 Å². The van der Waals surface area contributed by atoms with E-state index in [1.54, 1.807) is 12.1 Å². The molecule has 20 heavy (non-hydrogen) atoms. The maximum absolute atomic E-state index is 11.8. The summed E-state index contributed by atoms with van der Waals surface area (Å²) in [6.45, 7) is 6.01. The maximum atomic E-state index is 11.8. The lowest BCUT2D eigenvalue weighted by molar-refractivity contribution is -0.114. The fourth-order valence-corrected chi connectivity index (χ4v) is 2.79. The summed E-state index contributed by atoms with van der Waals surface area (Å²) in [5, 5.41) is 0. The molecule has 1 aromatic rings. The molecule has 0 spiro atoms. The van der Waals surface area contributed by atoms with Gasteiger partial charge in [-0.1, -0.05) is 0 Å². The molecule has 0 aliphatic heterocycles. The number of Topliss-reactive ketones (excluding diaryl/α,β-unsaturated/α-hetero) is 1. The molecule has 6 heteroatoms. The van der Waals surface area contributed by atoms with Gasteiger partial charge in [0.25, 0.3) is 0 Å². The number of carbonyl (C=O) groups excluding carboxylic acids is 1. The minimum absolute atomic E-state index is 0.124. The van der Waals surface area contributed by atoms with Crippen molar-refractivity contribution in [2.24, 2.45) is 0 Å². The van der Waals surface area contributed by atoms with E-state index in [1.807, 2.05) is 13.8 Å². The minimum Gasteiger partial charge on any atom is -0.491 e. The van der Waals surface area contributed by atoms with Crippen LogP contribution in [0.25, 0.3) is 0 Å². The van der Waals surface area contributed by atoms with Gasteiger partial charge in [0.05, 0.1) is 17.6 Å². The number of ether oxygens (including phenoxy) is 2. The number of sulfone groups is 1. The molecule has 0 heterocycles. The fourth-order valence-electron chi connectivity index (χ4n) is 1.54. The van der Waals surface area contributed by atoms with E-state index in [1.165, 1.54) is 19.1 Å². The summed E-state index contributed by atoms with van der Waals surface area (Å²) in [4.78, 5) is 11.0. The molecule has 0 aromatic heterocycles. The summed E-state index contributed by atoms with van der Waals surface area (Å²) in [6, 6.07) is 6.03. The van der Waals surface area contributed by atoms with E-state index >= 15 is 0 Å². The van der Waals surface area contributed by atoms with Gasteiger partial charge in [-0.05, 0) is 45.0 Å². The highest BCUT2D eigenvalue weighted by Gasteiger charge is 2.16. The lowest BCUT2D eigenvalue weighted by Gasteiger charge is -2.09. The zero-order valence-electron chi connectivity index (χ0n) is 12.0. The molecule has 0 aliphatic carbocycles. The Labute approximate surface area is 119 Å². The van der Waals surface area contributed by atoms with E-state index in [0.717, 1.165) is 0 Å². The van der Waals surface area contributed by atoms with Crippen LogP contribution in [0.2, 0.25) is 0 Å². The summed E-state index contributed by atoms with van der Waals surface area (Å²) < 4.78 is 34.4.